The molecule has 200 valence electrons. The smallest absolute Gasteiger partial charge is 0.434 e. The summed E-state index contributed by atoms with van der Waals surface area (Å²) in [7, 11) is 12.9. The van der Waals surface area contributed by atoms with E-state index >= 15 is 0 Å². The number of aromatic nitrogens is 2. The summed E-state index contributed by atoms with van der Waals surface area (Å²) < 4.78 is 44.0. The fourth-order valence-corrected chi connectivity index (χ4v) is 5.37. The number of rotatable bonds is 6. The van der Waals surface area contributed by atoms with Gasteiger partial charge in [-0.25, -0.2) is 14.8 Å². The summed E-state index contributed by atoms with van der Waals surface area (Å²) in [4.78, 5) is 25.9. The van der Waals surface area contributed by atoms with Crippen LogP contribution in [-0.2, 0) is 16.3 Å². The molecule has 12 heteroatoms. The minimum Gasteiger partial charge on any atom is -0.449 e. The molecule has 0 bridgehead atoms. The van der Waals surface area contributed by atoms with Crippen molar-refractivity contribution >= 4 is 27.6 Å². The molecule has 2 aliphatic heterocycles. The number of halogens is 3. The van der Waals surface area contributed by atoms with Gasteiger partial charge in [-0.15, -0.1) is 0 Å². The molecule has 0 saturated carbocycles. The Labute approximate surface area is 224 Å². The van der Waals surface area contributed by atoms with E-state index in [-0.39, 0.29) is 18.2 Å². The average molecular weight is 525 g/mol. The molecule has 2 aromatic rings. The van der Waals surface area contributed by atoms with Crippen molar-refractivity contribution in [3.05, 3.63) is 54.0 Å². The Hall–Kier alpha value is -2.75. The minimum atomic E-state index is -4.53. The average Bonchev–Trinajstić information content (AvgIpc) is 2.88. The molecule has 3 heterocycles. The summed E-state index contributed by atoms with van der Waals surface area (Å²) in [5.41, 5.74) is -0.155. The van der Waals surface area contributed by atoms with E-state index in [1.165, 1.54) is 0 Å². The number of carbonyl (C=O) groups excluding carboxylic acids is 1. The molecule has 0 N–H and O–H groups in total. The van der Waals surface area contributed by atoms with Crippen LogP contribution in [0.4, 0.5) is 23.8 Å². The maximum absolute atomic E-state index is 12.9. The fraction of sp³-hybridized carbons (Fsp3) is 0.577. The molecular formula is C26H32B2F3N5O2. The molecule has 2 atom stereocenters. The van der Waals surface area contributed by atoms with Crippen LogP contribution < -0.4 is 4.90 Å². The number of amides is 1. The largest absolute Gasteiger partial charge is 0.449 e. The first-order chi connectivity index (χ1) is 18.0. The minimum absolute atomic E-state index is 0.209. The molecule has 0 spiro atoms. The predicted molar refractivity (Wildman–Crippen MR) is 140 cm³/mol. The van der Waals surface area contributed by atoms with Gasteiger partial charge in [0.05, 0.1) is 46.8 Å². The molecule has 38 heavy (non-hydrogen) atoms. The van der Waals surface area contributed by atoms with Gasteiger partial charge in [0.2, 0.25) is 0 Å². The van der Waals surface area contributed by atoms with Gasteiger partial charge in [0.1, 0.15) is 5.82 Å². The second-order valence-corrected chi connectivity index (χ2v) is 10.3. The van der Waals surface area contributed by atoms with E-state index in [9.17, 15) is 18.0 Å². The molecule has 1 aromatic carbocycles. The number of alkyl halides is 3. The second-order valence-electron chi connectivity index (χ2n) is 10.3. The van der Waals surface area contributed by atoms with E-state index in [4.69, 9.17) is 20.4 Å². The number of hydrogen-bond acceptors (Lipinski definition) is 6. The fourth-order valence-electron chi connectivity index (χ4n) is 5.37. The molecule has 0 unspecified atom stereocenters. The molecule has 1 aromatic heterocycles. The van der Waals surface area contributed by atoms with Crippen molar-refractivity contribution in [1.29, 1.82) is 0 Å². The van der Waals surface area contributed by atoms with Crippen molar-refractivity contribution in [2.45, 2.75) is 56.7 Å². The maximum atomic E-state index is 12.9. The lowest BCUT2D eigenvalue weighted by atomic mass is 9.56. The van der Waals surface area contributed by atoms with Crippen LogP contribution in [0.1, 0.15) is 44.4 Å². The number of hydrogen-bond donors (Lipinski definition) is 0. The molecule has 4 radical (unpaired) electrons. The lowest BCUT2D eigenvalue weighted by Crippen LogP contribution is -2.59. The summed E-state index contributed by atoms with van der Waals surface area (Å²) >= 11 is 0. The van der Waals surface area contributed by atoms with Crippen molar-refractivity contribution in [3.8, 4) is 0 Å². The van der Waals surface area contributed by atoms with Crippen molar-refractivity contribution in [3.63, 3.8) is 0 Å². The molecular weight excluding hydrogens is 493 g/mol. The van der Waals surface area contributed by atoms with E-state index in [2.05, 4.69) is 14.9 Å². The van der Waals surface area contributed by atoms with Crippen molar-refractivity contribution in [2.24, 2.45) is 5.92 Å². The summed E-state index contributed by atoms with van der Waals surface area (Å²) in [6, 6.07) is 9.24. The Morgan fingerprint density at radius 1 is 1.03 bits per heavy atom. The highest BCUT2D eigenvalue weighted by atomic mass is 19.4. The van der Waals surface area contributed by atoms with E-state index in [1.807, 2.05) is 49.1 Å². The predicted octanol–water partition coefficient (Wildman–Crippen LogP) is 3.78. The first kappa shape index (κ1) is 28.3. The van der Waals surface area contributed by atoms with Gasteiger partial charge in [-0.05, 0) is 63.0 Å². The topological polar surface area (TPSA) is 61.8 Å². The molecule has 0 aliphatic carbocycles. The van der Waals surface area contributed by atoms with Gasteiger partial charge < -0.3 is 14.5 Å². The first-order valence-corrected chi connectivity index (χ1v) is 12.9. The van der Waals surface area contributed by atoms with Gasteiger partial charge in [0.25, 0.3) is 0 Å². The Balaban J connectivity index is 1.22. The Morgan fingerprint density at radius 3 is 2.21 bits per heavy atom. The van der Waals surface area contributed by atoms with E-state index in [1.54, 1.807) is 4.90 Å². The number of carbonyl (C=O) groups is 1. The summed E-state index contributed by atoms with van der Waals surface area (Å²) in [6.07, 6.45) is -0.462. The van der Waals surface area contributed by atoms with Crippen molar-refractivity contribution in [2.75, 3.05) is 37.7 Å². The highest BCUT2D eigenvalue weighted by molar-refractivity contribution is 6.39. The normalized spacial score (nSPS) is 21.9. The van der Waals surface area contributed by atoms with Gasteiger partial charge in [-0.2, -0.15) is 13.2 Å². The van der Waals surface area contributed by atoms with Crippen LogP contribution in [0.2, 0.25) is 0 Å². The third-order valence-corrected chi connectivity index (χ3v) is 7.51. The number of ether oxygens (including phenoxy) is 1. The molecule has 4 rings (SSSR count). The first-order valence-electron chi connectivity index (χ1n) is 12.9. The van der Waals surface area contributed by atoms with Crippen LogP contribution >= 0.6 is 0 Å². The Morgan fingerprint density at radius 2 is 1.66 bits per heavy atom. The van der Waals surface area contributed by atoms with Gasteiger partial charge >= 0.3 is 12.3 Å². The van der Waals surface area contributed by atoms with Crippen molar-refractivity contribution < 1.29 is 22.7 Å². The quantitative estimate of drug-likeness (QED) is 0.536. The van der Waals surface area contributed by atoms with Crippen molar-refractivity contribution in [1.82, 2.24) is 19.8 Å². The van der Waals surface area contributed by atoms with Crippen LogP contribution in [0.15, 0.2) is 42.7 Å². The van der Waals surface area contributed by atoms with Crippen LogP contribution in [-0.4, -0.2) is 86.4 Å². The third-order valence-electron chi connectivity index (χ3n) is 7.51. The Kier molecular flexibility index (Phi) is 8.59. The van der Waals surface area contributed by atoms with E-state index < -0.39 is 17.2 Å². The molecule has 2 fully saturated rings. The number of anilines is 1. The van der Waals surface area contributed by atoms with Gasteiger partial charge in [0, 0.05) is 13.1 Å². The van der Waals surface area contributed by atoms with Gasteiger partial charge in [-0.1, -0.05) is 30.3 Å². The molecule has 1 amide bonds. The number of likely N-dealkylation sites (tertiary alicyclic amines) is 1. The van der Waals surface area contributed by atoms with Crippen LogP contribution in [0.25, 0.3) is 0 Å². The van der Waals surface area contributed by atoms with E-state index in [0.717, 1.165) is 50.3 Å². The SMILES string of the molecule is [B]C([B])(c1ccccc1)N1CCC(CCOC(=O)N2[C@H](C)CN(c3cnc(C(F)(F)F)cn3)C[C@@H]2C)CC1. The highest BCUT2D eigenvalue weighted by Gasteiger charge is 2.36. The summed E-state index contributed by atoms with van der Waals surface area (Å²) in [5, 5.41) is -1.01. The number of nitrogens with zero attached hydrogens (tertiary/aromatic N) is 5. The maximum Gasteiger partial charge on any atom is 0.434 e. The number of piperazine rings is 1. The Bertz CT molecular complexity index is 1050. The zero-order valence-corrected chi connectivity index (χ0v) is 21.8. The van der Waals surface area contributed by atoms with Crippen LogP contribution in [0.3, 0.4) is 0 Å². The molecule has 2 saturated heterocycles. The zero-order chi connectivity index (χ0) is 27.5. The molecule has 7 nitrogen and oxygen atoms in total. The van der Waals surface area contributed by atoms with Crippen LogP contribution in [0.5, 0.6) is 0 Å². The zero-order valence-electron chi connectivity index (χ0n) is 21.8. The third kappa shape index (κ3) is 6.45. The summed E-state index contributed by atoms with van der Waals surface area (Å²) in [5.74, 6) is 0.762. The standard InChI is InChI=1S/C26H32B2F3N5O2/c1-18-16-34(23-15-32-22(14-33-23)26(29,30)31)17-19(2)36(18)24(37)38-13-10-20-8-11-35(12-9-20)25(27,28)21-6-4-3-5-7-21/h3-7,14-15,18-20H,8-13,16-17H2,1-2H3/t18-,19+. The monoisotopic (exact) mass is 525 g/mol. The van der Waals surface area contributed by atoms with Gasteiger partial charge in [-0.3, -0.25) is 4.90 Å². The summed E-state index contributed by atoms with van der Waals surface area (Å²) in [6.45, 7) is 6.46. The van der Waals surface area contributed by atoms with Gasteiger partial charge in [0.15, 0.2) is 5.69 Å². The second kappa shape index (κ2) is 11.6. The lowest BCUT2D eigenvalue weighted by molar-refractivity contribution is -0.141. The lowest BCUT2D eigenvalue weighted by Gasteiger charge is -2.45. The number of benzene rings is 1. The highest BCUT2D eigenvalue weighted by Crippen LogP contribution is 2.30. The number of piperidine rings is 1. The van der Waals surface area contributed by atoms with E-state index in [0.29, 0.717) is 31.4 Å². The van der Waals surface area contributed by atoms with Crippen LogP contribution in [0, 0.1) is 5.92 Å². The molecule has 2 aliphatic rings.